The summed E-state index contributed by atoms with van der Waals surface area (Å²) in [5, 5.41) is 3.36. The van der Waals surface area contributed by atoms with Gasteiger partial charge < -0.3 is 10.2 Å². The number of aryl methyl sites for hydroxylation is 1. The SMILES string of the molecule is Cc1cc(NCC(C)(C)N(C)C)ncc1Br. The largest absolute Gasteiger partial charge is 0.368 e. The van der Waals surface area contributed by atoms with Crippen LogP contribution in [0.3, 0.4) is 0 Å². The first-order valence-electron chi connectivity index (χ1n) is 5.36. The molecule has 0 bridgehead atoms. The molecule has 90 valence electrons. The van der Waals surface area contributed by atoms with Gasteiger partial charge in [0.25, 0.3) is 0 Å². The fraction of sp³-hybridized carbons (Fsp3) is 0.583. The van der Waals surface area contributed by atoms with Gasteiger partial charge in [-0.3, -0.25) is 0 Å². The zero-order chi connectivity index (χ0) is 12.3. The standard InChI is InChI=1S/C12H20BrN3/c1-9-6-11(14-7-10(9)13)15-8-12(2,3)16(4)5/h6-7H,8H2,1-5H3,(H,14,15). The van der Waals surface area contributed by atoms with Gasteiger partial charge in [-0.25, -0.2) is 4.98 Å². The highest BCUT2D eigenvalue weighted by atomic mass is 79.9. The summed E-state index contributed by atoms with van der Waals surface area (Å²) in [6.45, 7) is 7.33. The van der Waals surface area contributed by atoms with Crippen molar-refractivity contribution >= 4 is 21.7 Å². The molecule has 1 rings (SSSR count). The first-order valence-corrected chi connectivity index (χ1v) is 6.15. The average molecular weight is 286 g/mol. The van der Waals surface area contributed by atoms with Crippen LogP contribution in [0.25, 0.3) is 0 Å². The molecule has 3 nitrogen and oxygen atoms in total. The van der Waals surface area contributed by atoms with Crippen LogP contribution in [-0.2, 0) is 0 Å². The van der Waals surface area contributed by atoms with Crippen LogP contribution in [0.5, 0.6) is 0 Å². The highest BCUT2D eigenvalue weighted by Gasteiger charge is 2.19. The Labute approximate surface area is 106 Å². The molecule has 0 saturated heterocycles. The Morgan fingerprint density at radius 3 is 2.56 bits per heavy atom. The van der Waals surface area contributed by atoms with Gasteiger partial charge in [0, 0.05) is 22.8 Å². The van der Waals surface area contributed by atoms with Crippen LogP contribution >= 0.6 is 15.9 Å². The molecule has 0 aliphatic rings. The number of hydrogen-bond donors (Lipinski definition) is 1. The van der Waals surface area contributed by atoms with Gasteiger partial charge in [-0.05, 0) is 62.4 Å². The van der Waals surface area contributed by atoms with Crippen LogP contribution < -0.4 is 5.32 Å². The van der Waals surface area contributed by atoms with Crippen molar-refractivity contribution in [2.75, 3.05) is 26.0 Å². The van der Waals surface area contributed by atoms with E-state index in [1.54, 1.807) is 0 Å². The highest BCUT2D eigenvalue weighted by molar-refractivity contribution is 9.10. The Kier molecular flexibility index (Phi) is 4.33. The van der Waals surface area contributed by atoms with Crippen LogP contribution in [0.4, 0.5) is 5.82 Å². The maximum Gasteiger partial charge on any atom is 0.126 e. The maximum atomic E-state index is 4.33. The summed E-state index contributed by atoms with van der Waals surface area (Å²) >= 11 is 3.44. The predicted octanol–water partition coefficient (Wildman–Crippen LogP) is 2.90. The van der Waals surface area contributed by atoms with Gasteiger partial charge in [-0.1, -0.05) is 0 Å². The molecule has 0 aliphatic heterocycles. The molecule has 0 spiro atoms. The molecular weight excluding hydrogens is 266 g/mol. The molecule has 16 heavy (non-hydrogen) atoms. The van der Waals surface area contributed by atoms with Crippen LogP contribution in [-0.4, -0.2) is 36.1 Å². The number of rotatable bonds is 4. The summed E-state index contributed by atoms with van der Waals surface area (Å²) in [5.41, 5.74) is 1.31. The van der Waals surface area contributed by atoms with Crippen LogP contribution in [0.1, 0.15) is 19.4 Å². The molecule has 0 atom stereocenters. The molecule has 0 saturated carbocycles. The van der Waals surface area contributed by atoms with Crippen molar-refractivity contribution in [3.05, 3.63) is 22.3 Å². The average Bonchev–Trinajstić information content (AvgIpc) is 2.20. The Morgan fingerprint density at radius 1 is 1.44 bits per heavy atom. The number of nitrogens with zero attached hydrogens (tertiary/aromatic N) is 2. The van der Waals surface area contributed by atoms with Crippen LogP contribution in [0, 0.1) is 6.92 Å². The van der Waals surface area contributed by atoms with Gasteiger partial charge in [0.05, 0.1) is 0 Å². The van der Waals surface area contributed by atoms with E-state index < -0.39 is 0 Å². The molecule has 0 unspecified atom stereocenters. The zero-order valence-corrected chi connectivity index (χ0v) is 12.2. The summed E-state index contributed by atoms with van der Waals surface area (Å²) < 4.78 is 1.05. The molecule has 0 fully saturated rings. The Balaban J connectivity index is 2.65. The normalized spacial score (nSPS) is 11.9. The lowest BCUT2D eigenvalue weighted by molar-refractivity contribution is 0.210. The summed E-state index contributed by atoms with van der Waals surface area (Å²) in [5.74, 6) is 0.927. The van der Waals surface area contributed by atoms with E-state index in [0.717, 1.165) is 16.8 Å². The Hall–Kier alpha value is -0.610. The van der Waals surface area contributed by atoms with E-state index in [0.29, 0.717) is 0 Å². The number of halogens is 1. The molecule has 1 aromatic heterocycles. The molecule has 0 amide bonds. The van der Waals surface area contributed by atoms with Crippen molar-refractivity contribution in [2.24, 2.45) is 0 Å². The molecule has 0 radical (unpaired) electrons. The number of likely N-dealkylation sites (N-methyl/N-ethyl adjacent to an activating group) is 1. The minimum absolute atomic E-state index is 0.114. The van der Waals surface area contributed by atoms with Crippen LogP contribution in [0.15, 0.2) is 16.7 Å². The quantitative estimate of drug-likeness (QED) is 0.922. The molecule has 1 aromatic rings. The van der Waals surface area contributed by atoms with Crippen molar-refractivity contribution in [1.82, 2.24) is 9.88 Å². The van der Waals surface area contributed by atoms with Gasteiger partial charge >= 0.3 is 0 Å². The van der Waals surface area contributed by atoms with Gasteiger partial charge in [0.1, 0.15) is 5.82 Å². The third-order valence-corrected chi connectivity index (χ3v) is 3.79. The van der Waals surface area contributed by atoms with Crippen molar-refractivity contribution in [1.29, 1.82) is 0 Å². The summed E-state index contributed by atoms with van der Waals surface area (Å²) in [6.07, 6.45) is 1.83. The minimum Gasteiger partial charge on any atom is -0.368 e. The monoisotopic (exact) mass is 285 g/mol. The van der Waals surface area contributed by atoms with E-state index in [1.807, 2.05) is 6.20 Å². The van der Waals surface area contributed by atoms with Gasteiger partial charge in [0.2, 0.25) is 0 Å². The zero-order valence-electron chi connectivity index (χ0n) is 10.6. The van der Waals surface area contributed by atoms with Gasteiger partial charge in [0.15, 0.2) is 0 Å². The second-order valence-corrected chi connectivity index (χ2v) is 5.73. The smallest absolute Gasteiger partial charge is 0.126 e. The van der Waals surface area contributed by atoms with Gasteiger partial charge in [-0.2, -0.15) is 0 Å². The fourth-order valence-electron chi connectivity index (χ4n) is 1.10. The van der Waals surface area contributed by atoms with Crippen molar-refractivity contribution in [3.8, 4) is 0 Å². The number of aromatic nitrogens is 1. The van der Waals surface area contributed by atoms with E-state index in [-0.39, 0.29) is 5.54 Å². The molecular formula is C12H20BrN3. The molecule has 1 heterocycles. The molecule has 4 heteroatoms. The second-order valence-electron chi connectivity index (χ2n) is 4.88. The lowest BCUT2D eigenvalue weighted by Crippen LogP contribution is -2.44. The van der Waals surface area contributed by atoms with E-state index in [4.69, 9.17) is 0 Å². The summed E-state index contributed by atoms with van der Waals surface area (Å²) in [4.78, 5) is 6.53. The van der Waals surface area contributed by atoms with E-state index in [2.05, 4.69) is 72.1 Å². The summed E-state index contributed by atoms with van der Waals surface area (Å²) in [6, 6.07) is 2.05. The fourth-order valence-corrected chi connectivity index (χ4v) is 1.32. The predicted molar refractivity (Wildman–Crippen MR) is 72.9 cm³/mol. The van der Waals surface area contributed by atoms with E-state index in [1.165, 1.54) is 5.56 Å². The van der Waals surface area contributed by atoms with E-state index >= 15 is 0 Å². The molecule has 1 N–H and O–H groups in total. The van der Waals surface area contributed by atoms with Crippen LogP contribution in [0.2, 0.25) is 0 Å². The van der Waals surface area contributed by atoms with E-state index in [9.17, 15) is 0 Å². The van der Waals surface area contributed by atoms with Gasteiger partial charge in [-0.15, -0.1) is 0 Å². The maximum absolute atomic E-state index is 4.33. The highest BCUT2D eigenvalue weighted by Crippen LogP contribution is 2.18. The number of anilines is 1. The first-order chi connectivity index (χ1) is 7.33. The van der Waals surface area contributed by atoms with Crippen molar-refractivity contribution in [3.63, 3.8) is 0 Å². The first kappa shape index (κ1) is 13.5. The Morgan fingerprint density at radius 2 is 2.06 bits per heavy atom. The number of hydrogen-bond acceptors (Lipinski definition) is 3. The van der Waals surface area contributed by atoms with Crippen molar-refractivity contribution < 1.29 is 0 Å². The number of nitrogens with one attached hydrogen (secondary N) is 1. The third kappa shape index (κ3) is 3.46. The molecule has 0 aliphatic carbocycles. The van der Waals surface area contributed by atoms with Crippen molar-refractivity contribution in [2.45, 2.75) is 26.3 Å². The lowest BCUT2D eigenvalue weighted by atomic mass is 10.0. The third-order valence-electron chi connectivity index (χ3n) is 2.96. The topological polar surface area (TPSA) is 28.2 Å². The second kappa shape index (κ2) is 5.15. The minimum atomic E-state index is 0.114. The Bertz CT molecular complexity index is 361. The number of pyridine rings is 1. The lowest BCUT2D eigenvalue weighted by Gasteiger charge is -2.32. The molecule has 0 aromatic carbocycles. The summed E-state index contributed by atoms with van der Waals surface area (Å²) in [7, 11) is 4.17.